The molecule has 0 aromatic carbocycles. The molecule has 1 unspecified atom stereocenters. The molecule has 84 valence electrons. The summed E-state index contributed by atoms with van der Waals surface area (Å²) in [7, 11) is 0. The van der Waals surface area contributed by atoms with Gasteiger partial charge in [0.05, 0.1) is 0 Å². The molecule has 1 aliphatic heterocycles. The van der Waals surface area contributed by atoms with E-state index in [1.807, 2.05) is 0 Å². The van der Waals surface area contributed by atoms with Gasteiger partial charge in [0.2, 0.25) is 0 Å². The molecule has 5 heteroatoms. The molecule has 1 aromatic heterocycles. The van der Waals surface area contributed by atoms with E-state index in [9.17, 15) is 0 Å². The number of rotatable bonds is 2. The molecule has 0 spiro atoms. The van der Waals surface area contributed by atoms with Crippen LogP contribution in [-0.2, 0) is 4.74 Å². The maximum atomic E-state index is 5.70. The minimum absolute atomic E-state index is 0.186. The molecule has 0 aliphatic carbocycles. The van der Waals surface area contributed by atoms with Gasteiger partial charge in [0.15, 0.2) is 0 Å². The van der Waals surface area contributed by atoms with Gasteiger partial charge in [-0.25, -0.2) is 0 Å². The second-order valence-electron chi connectivity index (χ2n) is 4.88. The average molecular weight is 333 g/mol. The standard InChI is InChI=1S/C7H9N2OS.3CH3.Sn/c1-3-10-6(5-8-1)7-9-2-4-11-7;;;;/h4,6,8H,1,3,5H2;3*1H3;. The van der Waals surface area contributed by atoms with Crippen molar-refractivity contribution < 1.29 is 4.74 Å². The zero-order chi connectivity index (χ0) is 10.9. The fraction of sp³-hybridized carbons (Fsp3) is 0.700. The molecule has 2 rings (SSSR count). The molecule has 0 radical (unpaired) electrons. The van der Waals surface area contributed by atoms with E-state index in [0.29, 0.717) is 0 Å². The second-order valence-corrected chi connectivity index (χ2v) is 20.1. The van der Waals surface area contributed by atoms with E-state index < -0.39 is 18.4 Å². The first-order chi connectivity index (χ1) is 7.07. The van der Waals surface area contributed by atoms with Gasteiger partial charge >= 0.3 is 99.5 Å². The molecule has 0 saturated carbocycles. The van der Waals surface area contributed by atoms with Gasteiger partial charge < -0.3 is 0 Å². The van der Waals surface area contributed by atoms with Crippen LogP contribution in [0.5, 0.6) is 0 Å². The van der Waals surface area contributed by atoms with E-state index in [0.717, 1.165) is 24.7 Å². The van der Waals surface area contributed by atoms with E-state index >= 15 is 0 Å². The Morgan fingerprint density at radius 1 is 1.53 bits per heavy atom. The number of hydrogen-bond donors (Lipinski definition) is 1. The summed E-state index contributed by atoms with van der Waals surface area (Å²) in [6, 6.07) is 0. The Balaban J connectivity index is 2.12. The predicted octanol–water partition coefficient (Wildman–Crippen LogP) is 1.35. The Bertz CT molecular complexity index is 328. The quantitative estimate of drug-likeness (QED) is 0.830. The molecule has 1 aliphatic rings. The molecule has 1 saturated heterocycles. The monoisotopic (exact) mass is 334 g/mol. The zero-order valence-corrected chi connectivity index (χ0v) is 13.2. The van der Waals surface area contributed by atoms with Crippen molar-refractivity contribution in [2.75, 3.05) is 19.7 Å². The molecule has 3 nitrogen and oxygen atoms in total. The minimum atomic E-state index is -1.96. The molecule has 2 heterocycles. The van der Waals surface area contributed by atoms with E-state index in [1.165, 1.54) is 3.71 Å². The van der Waals surface area contributed by atoms with Gasteiger partial charge in [-0.3, -0.25) is 0 Å². The zero-order valence-electron chi connectivity index (χ0n) is 9.54. The van der Waals surface area contributed by atoms with Crippen LogP contribution in [0.3, 0.4) is 0 Å². The van der Waals surface area contributed by atoms with Crippen LogP contribution < -0.4 is 9.03 Å². The first kappa shape index (κ1) is 11.8. The number of morpholine rings is 1. The van der Waals surface area contributed by atoms with Crippen LogP contribution in [0, 0.1) is 0 Å². The molecular formula is C10H18N2OSSn. The van der Waals surface area contributed by atoms with Crippen molar-refractivity contribution >= 4 is 33.4 Å². The van der Waals surface area contributed by atoms with Crippen LogP contribution in [0.15, 0.2) is 5.38 Å². The van der Waals surface area contributed by atoms with Crippen molar-refractivity contribution in [3.63, 3.8) is 0 Å². The Morgan fingerprint density at radius 3 is 2.87 bits per heavy atom. The van der Waals surface area contributed by atoms with Crippen molar-refractivity contribution in [1.29, 1.82) is 0 Å². The van der Waals surface area contributed by atoms with Gasteiger partial charge in [-0.2, -0.15) is 0 Å². The Hall–Kier alpha value is 0.349. The molecule has 1 aromatic rings. The summed E-state index contributed by atoms with van der Waals surface area (Å²) in [5, 5.41) is 6.74. The van der Waals surface area contributed by atoms with Crippen LogP contribution in [-0.4, -0.2) is 43.1 Å². The number of nitrogens with zero attached hydrogens (tertiary/aromatic N) is 1. The van der Waals surface area contributed by atoms with Gasteiger partial charge in [-0.15, -0.1) is 0 Å². The molecule has 1 N–H and O–H groups in total. The number of ether oxygens (including phenoxy) is 1. The van der Waals surface area contributed by atoms with Crippen molar-refractivity contribution in [2.45, 2.75) is 20.9 Å². The second kappa shape index (κ2) is 4.69. The molecule has 0 amide bonds. The van der Waals surface area contributed by atoms with Gasteiger partial charge in [0.1, 0.15) is 0 Å². The van der Waals surface area contributed by atoms with Gasteiger partial charge in [0.25, 0.3) is 0 Å². The summed E-state index contributed by atoms with van der Waals surface area (Å²) < 4.78 is 7.07. The number of hydrogen-bond acceptors (Lipinski definition) is 4. The average Bonchev–Trinajstić information content (AvgIpc) is 2.67. The summed E-state index contributed by atoms with van der Waals surface area (Å²) in [6.45, 7) is 2.68. The van der Waals surface area contributed by atoms with E-state index in [2.05, 4.69) is 25.5 Å². The van der Waals surface area contributed by atoms with Gasteiger partial charge in [-0.1, -0.05) is 0 Å². The summed E-state index contributed by atoms with van der Waals surface area (Å²) in [5.74, 6) is 0. The first-order valence-electron chi connectivity index (χ1n) is 5.35. The Labute approximate surface area is 99.1 Å². The normalized spacial score (nSPS) is 23.0. The SMILES string of the molecule is [CH3][Sn]([CH3])([CH3])[c]1csc(C2CNCCO2)n1. The third-order valence-corrected chi connectivity index (χ3v) is 9.14. The van der Waals surface area contributed by atoms with Crippen LogP contribution in [0.25, 0.3) is 0 Å². The van der Waals surface area contributed by atoms with E-state index in [1.54, 1.807) is 11.3 Å². The Morgan fingerprint density at radius 2 is 2.33 bits per heavy atom. The van der Waals surface area contributed by atoms with Crippen LogP contribution in [0.4, 0.5) is 0 Å². The van der Waals surface area contributed by atoms with Crippen molar-refractivity contribution in [2.24, 2.45) is 0 Å². The van der Waals surface area contributed by atoms with Gasteiger partial charge in [-0.05, 0) is 0 Å². The fourth-order valence-electron chi connectivity index (χ4n) is 1.50. The van der Waals surface area contributed by atoms with Crippen LogP contribution in [0.2, 0.25) is 14.8 Å². The Kier molecular flexibility index (Phi) is 3.70. The molecule has 15 heavy (non-hydrogen) atoms. The topological polar surface area (TPSA) is 34.1 Å². The maximum absolute atomic E-state index is 5.70. The summed E-state index contributed by atoms with van der Waals surface area (Å²) in [5.41, 5.74) is 0. The van der Waals surface area contributed by atoms with E-state index in [4.69, 9.17) is 9.72 Å². The fourth-order valence-corrected chi connectivity index (χ4v) is 7.66. The molecule has 0 bridgehead atoms. The third kappa shape index (κ3) is 2.93. The molecule has 1 atom stereocenters. The van der Waals surface area contributed by atoms with Crippen molar-refractivity contribution in [3.8, 4) is 0 Å². The van der Waals surface area contributed by atoms with Crippen LogP contribution in [0.1, 0.15) is 11.1 Å². The van der Waals surface area contributed by atoms with Crippen molar-refractivity contribution in [3.05, 3.63) is 10.4 Å². The molecule has 1 fully saturated rings. The van der Waals surface area contributed by atoms with E-state index in [-0.39, 0.29) is 6.10 Å². The van der Waals surface area contributed by atoms with Gasteiger partial charge in [0, 0.05) is 0 Å². The van der Waals surface area contributed by atoms with Crippen molar-refractivity contribution in [1.82, 2.24) is 10.3 Å². The number of thiazole rings is 1. The first-order valence-corrected chi connectivity index (χ1v) is 16.2. The summed E-state index contributed by atoms with van der Waals surface area (Å²) >= 11 is -0.204. The molecular weight excluding hydrogens is 315 g/mol. The summed E-state index contributed by atoms with van der Waals surface area (Å²) in [4.78, 5) is 11.9. The predicted molar refractivity (Wildman–Crippen MR) is 66.7 cm³/mol. The third-order valence-electron chi connectivity index (χ3n) is 2.49. The number of aromatic nitrogens is 1. The van der Waals surface area contributed by atoms with Crippen LogP contribution >= 0.6 is 11.3 Å². The number of nitrogens with one attached hydrogen (secondary N) is 1. The summed E-state index contributed by atoms with van der Waals surface area (Å²) in [6.07, 6.45) is 0.186.